The van der Waals surface area contributed by atoms with Crippen LogP contribution in [0.1, 0.15) is 5.69 Å². The van der Waals surface area contributed by atoms with E-state index in [2.05, 4.69) is 40.2 Å². The average Bonchev–Trinajstić information content (AvgIpc) is 3.58. The zero-order valence-corrected chi connectivity index (χ0v) is 24.1. The van der Waals surface area contributed by atoms with Crippen LogP contribution in [0, 0.1) is 0 Å². The molecule has 2 aliphatic rings. The van der Waals surface area contributed by atoms with E-state index in [0.29, 0.717) is 31.5 Å². The van der Waals surface area contributed by atoms with E-state index in [-0.39, 0.29) is 12.1 Å². The zero-order valence-electron chi connectivity index (χ0n) is 22.9. The van der Waals surface area contributed by atoms with Crippen molar-refractivity contribution < 1.29 is 19.0 Å². The van der Waals surface area contributed by atoms with E-state index in [4.69, 9.17) is 19.2 Å². The molecule has 10 nitrogen and oxygen atoms in total. The maximum Gasteiger partial charge on any atom is 0.410 e. The Morgan fingerprint density at radius 2 is 2.02 bits per heavy atom. The third-order valence-electron chi connectivity index (χ3n) is 7.33. The minimum Gasteiger partial charge on any atom is -0.447 e. The number of hydrogen-bond donors (Lipinski definition) is 0. The fraction of sp³-hybridized carbons (Fsp3) is 0.379. The van der Waals surface area contributed by atoms with Crippen molar-refractivity contribution in [3.05, 3.63) is 66.6 Å². The van der Waals surface area contributed by atoms with Crippen LogP contribution in [0.2, 0.25) is 19.1 Å². The van der Waals surface area contributed by atoms with Gasteiger partial charge in [0.2, 0.25) is 5.88 Å². The Kier molecular flexibility index (Phi) is 7.76. The first kappa shape index (κ1) is 26.4. The van der Waals surface area contributed by atoms with E-state index in [0.717, 1.165) is 60.1 Å². The van der Waals surface area contributed by atoms with Crippen LogP contribution in [0.4, 0.5) is 4.79 Å². The van der Waals surface area contributed by atoms with Crippen molar-refractivity contribution in [2.75, 3.05) is 32.8 Å². The van der Waals surface area contributed by atoms with Gasteiger partial charge in [-0.2, -0.15) is 5.10 Å². The number of aromatic nitrogens is 4. The van der Waals surface area contributed by atoms with Crippen LogP contribution in [0.3, 0.4) is 0 Å². The van der Waals surface area contributed by atoms with Gasteiger partial charge in [-0.05, 0) is 42.4 Å². The van der Waals surface area contributed by atoms with Gasteiger partial charge in [0.15, 0.2) is 0 Å². The summed E-state index contributed by atoms with van der Waals surface area (Å²) in [4.78, 5) is 25.3. The summed E-state index contributed by atoms with van der Waals surface area (Å²) in [5.74, 6) is 1.22. The van der Waals surface area contributed by atoms with E-state index in [9.17, 15) is 4.79 Å². The van der Waals surface area contributed by atoms with Crippen molar-refractivity contribution in [1.29, 1.82) is 0 Å². The Morgan fingerprint density at radius 3 is 2.88 bits per heavy atom. The molecule has 0 spiro atoms. The number of piperazine rings is 1. The number of cyclic esters (lactones) is 1. The monoisotopic (exact) mass is 558 g/mol. The zero-order chi connectivity index (χ0) is 27.5. The van der Waals surface area contributed by atoms with Gasteiger partial charge >= 0.3 is 6.09 Å². The van der Waals surface area contributed by atoms with Crippen molar-refractivity contribution in [2.45, 2.75) is 38.5 Å². The van der Waals surface area contributed by atoms with Crippen molar-refractivity contribution in [1.82, 2.24) is 29.5 Å². The molecule has 2 saturated heterocycles. The molecule has 2 fully saturated rings. The molecular formula is C29H34N6O4Si. The largest absolute Gasteiger partial charge is 0.447 e. The van der Waals surface area contributed by atoms with Gasteiger partial charge in [-0.3, -0.25) is 14.8 Å². The molecule has 3 aromatic heterocycles. The number of carbonyl (C=O) groups is 1. The molecule has 0 aliphatic carbocycles. The van der Waals surface area contributed by atoms with Gasteiger partial charge in [0, 0.05) is 71.0 Å². The maximum absolute atomic E-state index is 11.7. The SMILES string of the molecule is C[SiH](C)CCOCn1nccc1-c1ccc(Oc2ccc3nc(CN4CCN5C(=O)OC[C@@H]5C4)ccc3c2)nc1. The first-order valence-corrected chi connectivity index (χ1v) is 16.9. The molecule has 0 bridgehead atoms. The quantitative estimate of drug-likeness (QED) is 0.209. The molecular weight excluding hydrogens is 524 g/mol. The highest BCUT2D eigenvalue weighted by Gasteiger charge is 2.37. The second-order valence-electron chi connectivity index (χ2n) is 10.7. The van der Waals surface area contributed by atoms with Crippen LogP contribution in [-0.2, 0) is 22.7 Å². The van der Waals surface area contributed by atoms with Gasteiger partial charge in [0.1, 0.15) is 19.1 Å². The number of nitrogens with zero attached hydrogens (tertiary/aromatic N) is 6. The van der Waals surface area contributed by atoms with Gasteiger partial charge in [0.25, 0.3) is 0 Å². The second kappa shape index (κ2) is 11.7. The lowest BCUT2D eigenvalue weighted by Gasteiger charge is -2.35. The number of carbonyl (C=O) groups excluding carboxylic acids is 1. The Hall–Kier alpha value is -3.80. The summed E-state index contributed by atoms with van der Waals surface area (Å²) in [6, 6.07) is 17.1. The van der Waals surface area contributed by atoms with Crippen LogP contribution in [0.25, 0.3) is 22.2 Å². The summed E-state index contributed by atoms with van der Waals surface area (Å²) in [5.41, 5.74) is 3.83. The number of ether oxygens (including phenoxy) is 3. The van der Waals surface area contributed by atoms with Gasteiger partial charge < -0.3 is 14.2 Å². The lowest BCUT2D eigenvalue weighted by atomic mass is 10.1. The van der Waals surface area contributed by atoms with Crippen molar-refractivity contribution in [3.8, 4) is 22.9 Å². The third-order valence-corrected chi connectivity index (χ3v) is 8.72. The highest BCUT2D eigenvalue weighted by molar-refractivity contribution is 6.55. The molecule has 6 rings (SSSR count). The average molecular weight is 559 g/mol. The van der Waals surface area contributed by atoms with Crippen molar-refractivity contribution in [3.63, 3.8) is 0 Å². The molecule has 5 heterocycles. The van der Waals surface area contributed by atoms with Gasteiger partial charge in [-0.15, -0.1) is 0 Å². The number of hydrogen-bond acceptors (Lipinski definition) is 8. The minimum absolute atomic E-state index is 0.140. The van der Waals surface area contributed by atoms with Crippen LogP contribution < -0.4 is 4.74 Å². The second-order valence-corrected chi connectivity index (χ2v) is 14.1. The van der Waals surface area contributed by atoms with Crippen molar-refractivity contribution in [2.24, 2.45) is 0 Å². The van der Waals surface area contributed by atoms with E-state index in [1.165, 1.54) is 0 Å². The lowest BCUT2D eigenvalue weighted by molar-refractivity contribution is 0.0801. The van der Waals surface area contributed by atoms with Crippen molar-refractivity contribution >= 4 is 25.8 Å². The molecule has 208 valence electrons. The molecule has 1 aromatic carbocycles. The maximum atomic E-state index is 11.7. The van der Waals surface area contributed by atoms with E-state index in [1.807, 2.05) is 46.0 Å². The molecule has 1 atom stereocenters. The number of pyridine rings is 2. The molecule has 1 amide bonds. The summed E-state index contributed by atoms with van der Waals surface area (Å²) in [7, 11) is -0.614. The highest BCUT2D eigenvalue weighted by Crippen LogP contribution is 2.27. The van der Waals surface area contributed by atoms with Crippen LogP contribution in [-0.4, -0.2) is 83.3 Å². The van der Waals surface area contributed by atoms with Gasteiger partial charge in [-0.25, -0.2) is 14.5 Å². The molecule has 0 saturated carbocycles. The van der Waals surface area contributed by atoms with E-state index < -0.39 is 8.80 Å². The molecule has 0 N–H and O–H groups in total. The summed E-state index contributed by atoms with van der Waals surface area (Å²) >= 11 is 0. The molecule has 40 heavy (non-hydrogen) atoms. The Labute approximate surface area is 235 Å². The normalized spacial score (nSPS) is 17.4. The number of benzene rings is 1. The molecule has 4 aromatic rings. The standard InChI is InChI=1S/C29H34N6O4Si/c1-40(2)14-13-37-20-35-27(9-10-31-35)22-4-8-28(30-16-22)39-25-6-7-26-21(15-25)3-5-23(32-26)17-33-11-12-34-24(18-33)19-38-29(34)36/h3-10,15-16,24,40H,11-14,17-20H2,1-2H3/t24-/m0/s1. The number of amides is 1. The summed E-state index contributed by atoms with van der Waals surface area (Å²) in [6.07, 6.45) is 3.39. The molecule has 11 heteroatoms. The van der Waals surface area contributed by atoms with Gasteiger partial charge in [0.05, 0.1) is 22.9 Å². The van der Waals surface area contributed by atoms with Crippen LogP contribution >= 0.6 is 0 Å². The third kappa shape index (κ3) is 6.01. The predicted molar refractivity (Wildman–Crippen MR) is 154 cm³/mol. The first-order valence-electron chi connectivity index (χ1n) is 13.8. The molecule has 2 aliphatic heterocycles. The Bertz CT molecular complexity index is 1480. The van der Waals surface area contributed by atoms with E-state index in [1.54, 1.807) is 12.4 Å². The summed E-state index contributed by atoms with van der Waals surface area (Å²) in [6.45, 7) is 9.39. The first-order chi connectivity index (χ1) is 19.5. The Balaban J connectivity index is 1.07. The Morgan fingerprint density at radius 1 is 1.10 bits per heavy atom. The summed E-state index contributed by atoms with van der Waals surface area (Å²) in [5, 5.41) is 5.40. The molecule has 0 radical (unpaired) electrons. The lowest BCUT2D eigenvalue weighted by Crippen LogP contribution is -2.51. The highest BCUT2D eigenvalue weighted by atomic mass is 28.3. The van der Waals surface area contributed by atoms with E-state index >= 15 is 0 Å². The smallest absolute Gasteiger partial charge is 0.410 e. The molecule has 0 unspecified atom stereocenters. The topological polar surface area (TPSA) is 94.8 Å². The van der Waals surface area contributed by atoms with Crippen LogP contribution in [0.5, 0.6) is 11.6 Å². The fourth-order valence-electron chi connectivity index (χ4n) is 5.09. The summed E-state index contributed by atoms with van der Waals surface area (Å²) < 4.78 is 18.9. The predicted octanol–water partition coefficient (Wildman–Crippen LogP) is 4.38. The van der Waals surface area contributed by atoms with Crippen LogP contribution in [0.15, 0.2) is 60.9 Å². The fourth-order valence-corrected chi connectivity index (χ4v) is 5.73. The minimum atomic E-state index is -0.614. The van der Waals surface area contributed by atoms with Gasteiger partial charge in [-0.1, -0.05) is 19.2 Å². The number of fused-ring (bicyclic) bond motifs is 2. The number of rotatable bonds is 10.